The van der Waals surface area contributed by atoms with Crippen molar-refractivity contribution in [3.05, 3.63) is 70.0 Å². The number of amides is 1. The van der Waals surface area contributed by atoms with Crippen LogP contribution in [0.25, 0.3) is 11.4 Å². The minimum Gasteiger partial charge on any atom is -0.340 e. The van der Waals surface area contributed by atoms with E-state index in [-0.39, 0.29) is 5.91 Å². The Morgan fingerprint density at radius 2 is 2.00 bits per heavy atom. The van der Waals surface area contributed by atoms with Crippen molar-refractivity contribution in [1.82, 2.24) is 15.5 Å². The maximum atomic E-state index is 12.3. The molecule has 0 saturated heterocycles. The Kier molecular flexibility index (Phi) is 4.76. The van der Waals surface area contributed by atoms with Gasteiger partial charge in [-0.1, -0.05) is 41.1 Å². The van der Waals surface area contributed by atoms with Gasteiger partial charge < -0.3 is 9.84 Å². The SMILES string of the molecule is Cc1cccc(-c2noc([C@H](C)NC(=O)c3ccccc3Br)n2)c1. The average Bonchev–Trinajstić information content (AvgIpc) is 3.05. The van der Waals surface area contributed by atoms with Crippen molar-refractivity contribution >= 4 is 21.8 Å². The second kappa shape index (κ2) is 6.97. The number of aryl methyl sites for hydroxylation is 1. The van der Waals surface area contributed by atoms with Crippen LogP contribution in [-0.4, -0.2) is 16.0 Å². The molecule has 0 radical (unpaired) electrons. The van der Waals surface area contributed by atoms with Gasteiger partial charge in [0.1, 0.15) is 6.04 Å². The third kappa shape index (κ3) is 3.54. The Morgan fingerprint density at radius 3 is 2.75 bits per heavy atom. The van der Waals surface area contributed by atoms with Crippen LogP contribution >= 0.6 is 15.9 Å². The van der Waals surface area contributed by atoms with Gasteiger partial charge in [-0.25, -0.2) is 0 Å². The zero-order chi connectivity index (χ0) is 17.1. The number of aromatic nitrogens is 2. The molecular weight excluding hydrogens is 370 g/mol. The van der Waals surface area contributed by atoms with Crippen LogP contribution in [0.3, 0.4) is 0 Å². The van der Waals surface area contributed by atoms with Gasteiger partial charge in [0.15, 0.2) is 0 Å². The van der Waals surface area contributed by atoms with Gasteiger partial charge in [0.2, 0.25) is 11.7 Å². The summed E-state index contributed by atoms with van der Waals surface area (Å²) in [5.41, 5.74) is 2.56. The van der Waals surface area contributed by atoms with Gasteiger partial charge >= 0.3 is 0 Å². The monoisotopic (exact) mass is 385 g/mol. The highest BCUT2D eigenvalue weighted by atomic mass is 79.9. The first-order chi connectivity index (χ1) is 11.5. The van der Waals surface area contributed by atoms with E-state index in [0.717, 1.165) is 15.6 Å². The Morgan fingerprint density at radius 1 is 1.21 bits per heavy atom. The third-order valence-electron chi connectivity index (χ3n) is 3.55. The molecule has 24 heavy (non-hydrogen) atoms. The molecule has 0 saturated carbocycles. The standard InChI is InChI=1S/C18H16BrN3O2/c1-11-6-5-7-13(10-11)16-21-18(24-22-16)12(2)20-17(23)14-8-3-4-9-15(14)19/h3-10,12H,1-2H3,(H,20,23)/t12-/m0/s1. The van der Waals surface area contributed by atoms with E-state index in [1.807, 2.05) is 56.3 Å². The average molecular weight is 386 g/mol. The fourth-order valence-corrected chi connectivity index (χ4v) is 2.76. The molecule has 1 N–H and O–H groups in total. The molecule has 0 fully saturated rings. The fraction of sp³-hybridized carbons (Fsp3) is 0.167. The molecule has 5 nitrogen and oxygen atoms in total. The van der Waals surface area contributed by atoms with Gasteiger partial charge in [-0.2, -0.15) is 4.98 Å². The van der Waals surface area contributed by atoms with Crippen molar-refractivity contribution in [2.45, 2.75) is 19.9 Å². The van der Waals surface area contributed by atoms with Crippen molar-refractivity contribution in [2.75, 3.05) is 0 Å². The van der Waals surface area contributed by atoms with Crippen LogP contribution in [0.5, 0.6) is 0 Å². The second-order valence-electron chi connectivity index (χ2n) is 5.50. The van der Waals surface area contributed by atoms with Crippen LogP contribution in [0, 0.1) is 6.92 Å². The highest BCUT2D eigenvalue weighted by molar-refractivity contribution is 9.10. The van der Waals surface area contributed by atoms with E-state index in [1.54, 1.807) is 6.07 Å². The highest BCUT2D eigenvalue weighted by Crippen LogP contribution is 2.21. The molecule has 0 aliphatic rings. The van der Waals surface area contributed by atoms with Gasteiger partial charge in [-0.05, 0) is 48.0 Å². The topological polar surface area (TPSA) is 68.0 Å². The first-order valence-electron chi connectivity index (χ1n) is 7.50. The molecule has 0 bridgehead atoms. The molecular formula is C18H16BrN3O2. The van der Waals surface area contributed by atoms with Gasteiger partial charge in [0.25, 0.3) is 5.91 Å². The molecule has 0 aliphatic carbocycles. The number of halogens is 1. The Hall–Kier alpha value is -2.47. The molecule has 0 unspecified atom stereocenters. The molecule has 0 spiro atoms. The van der Waals surface area contributed by atoms with Crippen LogP contribution in [-0.2, 0) is 0 Å². The number of carbonyl (C=O) groups excluding carboxylic acids is 1. The molecule has 0 aliphatic heterocycles. The summed E-state index contributed by atoms with van der Waals surface area (Å²) >= 11 is 3.37. The van der Waals surface area contributed by atoms with E-state index in [2.05, 4.69) is 31.4 Å². The molecule has 1 amide bonds. The van der Waals surface area contributed by atoms with Crippen molar-refractivity contribution in [3.63, 3.8) is 0 Å². The Labute approximate surface area is 148 Å². The summed E-state index contributed by atoms with van der Waals surface area (Å²) in [6.07, 6.45) is 0. The van der Waals surface area contributed by atoms with Crippen molar-refractivity contribution in [1.29, 1.82) is 0 Å². The molecule has 3 rings (SSSR count). The summed E-state index contributed by atoms with van der Waals surface area (Å²) in [6.45, 7) is 3.81. The van der Waals surface area contributed by atoms with Gasteiger partial charge in [-0.3, -0.25) is 4.79 Å². The summed E-state index contributed by atoms with van der Waals surface area (Å²) in [5.74, 6) is 0.674. The number of nitrogens with one attached hydrogen (secondary N) is 1. The van der Waals surface area contributed by atoms with Gasteiger partial charge in [-0.15, -0.1) is 0 Å². The van der Waals surface area contributed by atoms with Crippen LogP contribution in [0.15, 0.2) is 57.5 Å². The summed E-state index contributed by atoms with van der Waals surface area (Å²) in [4.78, 5) is 16.7. The Balaban J connectivity index is 1.75. The van der Waals surface area contributed by atoms with E-state index in [1.165, 1.54) is 0 Å². The molecule has 1 atom stereocenters. The van der Waals surface area contributed by atoms with Crippen LogP contribution in [0.2, 0.25) is 0 Å². The third-order valence-corrected chi connectivity index (χ3v) is 4.25. The number of hydrogen-bond acceptors (Lipinski definition) is 4. The number of carbonyl (C=O) groups is 1. The predicted molar refractivity (Wildman–Crippen MR) is 94.5 cm³/mol. The zero-order valence-corrected chi connectivity index (χ0v) is 14.9. The maximum absolute atomic E-state index is 12.3. The zero-order valence-electron chi connectivity index (χ0n) is 13.3. The van der Waals surface area contributed by atoms with Crippen molar-refractivity contribution < 1.29 is 9.32 Å². The lowest BCUT2D eigenvalue weighted by Gasteiger charge is -2.10. The highest BCUT2D eigenvalue weighted by Gasteiger charge is 2.19. The molecule has 3 aromatic rings. The van der Waals surface area contributed by atoms with Crippen LogP contribution in [0.1, 0.15) is 34.8 Å². The molecule has 1 heterocycles. The van der Waals surface area contributed by atoms with E-state index >= 15 is 0 Å². The number of hydrogen-bond donors (Lipinski definition) is 1. The second-order valence-corrected chi connectivity index (χ2v) is 6.36. The largest absolute Gasteiger partial charge is 0.340 e. The van der Waals surface area contributed by atoms with E-state index in [0.29, 0.717) is 17.3 Å². The molecule has 6 heteroatoms. The smallest absolute Gasteiger partial charge is 0.253 e. The quantitative estimate of drug-likeness (QED) is 0.726. The minimum atomic E-state index is -0.393. The lowest BCUT2D eigenvalue weighted by atomic mass is 10.1. The Bertz CT molecular complexity index is 876. The normalized spacial score (nSPS) is 12.0. The number of benzene rings is 2. The summed E-state index contributed by atoms with van der Waals surface area (Å²) in [5, 5.41) is 6.86. The molecule has 122 valence electrons. The minimum absolute atomic E-state index is 0.203. The van der Waals surface area contributed by atoms with Crippen molar-refractivity contribution in [3.8, 4) is 11.4 Å². The lowest BCUT2D eigenvalue weighted by Crippen LogP contribution is -2.27. The maximum Gasteiger partial charge on any atom is 0.253 e. The number of rotatable bonds is 4. The molecule has 1 aromatic heterocycles. The fourth-order valence-electron chi connectivity index (χ4n) is 2.29. The number of nitrogens with zero attached hydrogens (tertiary/aromatic N) is 2. The van der Waals surface area contributed by atoms with E-state index < -0.39 is 6.04 Å². The van der Waals surface area contributed by atoms with Crippen LogP contribution in [0.4, 0.5) is 0 Å². The van der Waals surface area contributed by atoms with Crippen LogP contribution < -0.4 is 5.32 Å². The first kappa shape index (κ1) is 16.4. The van der Waals surface area contributed by atoms with E-state index in [4.69, 9.17) is 4.52 Å². The first-order valence-corrected chi connectivity index (χ1v) is 8.30. The van der Waals surface area contributed by atoms with Gasteiger partial charge in [0.05, 0.1) is 5.56 Å². The summed E-state index contributed by atoms with van der Waals surface area (Å²) < 4.78 is 6.04. The summed E-state index contributed by atoms with van der Waals surface area (Å²) in [7, 11) is 0. The lowest BCUT2D eigenvalue weighted by molar-refractivity contribution is 0.0931. The predicted octanol–water partition coefficient (Wildman–Crippen LogP) is 4.30. The summed E-state index contributed by atoms with van der Waals surface area (Å²) in [6, 6.07) is 14.7. The van der Waals surface area contributed by atoms with Gasteiger partial charge in [0, 0.05) is 10.0 Å². The van der Waals surface area contributed by atoms with E-state index in [9.17, 15) is 4.79 Å². The van der Waals surface area contributed by atoms with Crippen molar-refractivity contribution in [2.24, 2.45) is 0 Å². The molecule has 2 aromatic carbocycles.